The Morgan fingerprint density at radius 3 is 2.65 bits per heavy atom. The van der Waals surface area contributed by atoms with Crippen molar-refractivity contribution < 1.29 is 19.6 Å². The van der Waals surface area contributed by atoms with Crippen LogP contribution in [0.4, 0.5) is 5.69 Å². The number of benzene rings is 1. The maximum absolute atomic E-state index is 12.2. The average molecular weight is 297 g/mol. The Morgan fingerprint density at radius 2 is 2.15 bits per heavy atom. The third-order valence-corrected chi connectivity index (χ3v) is 2.52. The Hall–Kier alpha value is -2.59. The van der Waals surface area contributed by atoms with Gasteiger partial charge < -0.3 is 10.0 Å². The highest BCUT2D eigenvalue weighted by Crippen LogP contribution is 2.24. The van der Waals surface area contributed by atoms with Crippen molar-refractivity contribution in [2.45, 2.75) is 0 Å². The highest BCUT2D eigenvalue weighted by atomic mass is 35.5. The maximum Gasteiger partial charge on any atom is 0.323 e. The fraction of sp³-hybridized carbons (Fsp3) is 0.167. The SMILES string of the molecule is C#CCN(CC(=O)O)C(=O)c1cc(Cl)ccc1[N+](=O)[O-]. The van der Waals surface area contributed by atoms with Gasteiger partial charge in [-0.2, -0.15) is 0 Å². The molecule has 1 rings (SSSR count). The number of hydrogen-bond acceptors (Lipinski definition) is 4. The summed E-state index contributed by atoms with van der Waals surface area (Å²) in [7, 11) is 0. The molecule has 0 spiro atoms. The quantitative estimate of drug-likeness (QED) is 0.503. The number of aliphatic carboxylic acids is 1. The molecule has 1 N–H and O–H groups in total. The first-order chi connectivity index (χ1) is 9.36. The van der Waals surface area contributed by atoms with Gasteiger partial charge >= 0.3 is 5.97 Å². The van der Waals surface area contributed by atoms with E-state index < -0.39 is 29.0 Å². The normalized spacial score (nSPS) is 9.60. The third-order valence-electron chi connectivity index (χ3n) is 2.28. The van der Waals surface area contributed by atoms with E-state index >= 15 is 0 Å². The predicted molar refractivity (Wildman–Crippen MR) is 70.5 cm³/mol. The maximum atomic E-state index is 12.2. The lowest BCUT2D eigenvalue weighted by molar-refractivity contribution is -0.385. The van der Waals surface area contributed by atoms with E-state index in [4.69, 9.17) is 23.1 Å². The highest BCUT2D eigenvalue weighted by Gasteiger charge is 2.25. The summed E-state index contributed by atoms with van der Waals surface area (Å²) in [5, 5.41) is 19.7. The van der Waals surface area contributed by atoms with Crippen LogP contribution in [0, 0.1) is 22.5 Å². The van der Waals surface area contributed by atoms with Crippen molar-refractivity contribution in [2.75, 3.05) is 13.1 Å². The average Bonchev–Trinajstić information content (AvgIpc) is 2.36. The van der Waals surface area contributed by atoms with Crippen LogP contribution in [0.1, 0.15) is 10.4 Å². The lowest BCUT2D eigenvalue weighted by Gasteiger charge is -2.17. The minimum absolute atomic E-state index is 0.120. The van der Waals surface area contributed by atoms with Crippen LogP contribution in [0.5, 0.6) is 0 Å². The predicted octanol–water partition coefficient (Wildman–Crippen LogP) is 1.41. The lowest BCUT2D eigenvalue weighted by atomic mass is 10.1. The molecule has 0 unspecified atom stereocenters. The van der Waals surface area contributed by atoms with Gasteiger partial charge in [0.2, 0.25) is 0 Å². The molecule has 20 heavy (non-hydrogen) atoms. The molecule has 1 aromatic carbocycles. The highest BCUT2D eigenvalue weighted by molar-refractivity contribution is 6.31. The Balaban J connectivity index is 3.23. The second kappa shape index (κ2) is 6.54. The van der Waals surface area contributed by atoms with Gasteiger partial charge in [-0.05, 0) is 12.1 Å². The first-order valence-corrected chi connectivity index (χ1v) is 5.63. The van der Waals surface area contributed by atoms with E-state index in [-0.39, 0.29) is 17.1 Å². The summed E-state index contributed by atoms with van der Waals surface area (Å²) in [5.74, 6) is -0.0148. The van der Waals surface area contributed by atoms with Crippen LogP contribution in [0.3, 0.4) is 0 Å². The van der Waals surface area contributed by atoms with E-state index in [1.165, 1.54) is 6.07 Å². The Morgan fingerprint density at radius 1 is 1.50 bits per heavy atom. The van der Waals surface area contributed by atoms with E-state index in [0.29, 0.717) is 0 Å². The fourth-order valence-electron chi connectivity index (χ4n) is 1.48. The van der Waals surface area contributed by atoms with Crippen LogP contribution in [0.15, 0.2) is 18.2 Å². The molecule has 104 valence electrons. The smallest absolute Gasteiger partial charge is 0.323 e. The van der Waals surface area contributed by atoms with Gasteiger partial charge in [0.25, 0.3) is 11.6 Å². The molecule has 0 bridgehead atoms. The van der Waals surface area contributed by atoms with E-state index in [9.17, 15) is 19.7 Å². The van der Waals surface area contributed by atoms with Crippen molar-refractivity contribution in [3.8, 4) is 12.3 Å². The second-order valence-electron chi connectivity index (χ2n) is 3.68. The number of carbonyl (C=O) groups is 2. The minimum Gasteiger partial charge on any atom is -0.480 e. The van der Waals surface area contributed by atoms with Gasteiger partial charge in [-0.3, -0.25) is 19.7 Å². The molecule has 0 saturated heterocycles. The van der Waals surface area contributed by atoms with Crippen LogP contribution in [0.25, 0.3) is 0 Å². The molecule has 0 radical (unpaired) electrons. The monoisotopic (exact) mass is 296 g/mol. The summed E-state index contributed by atoms with van der Waals surface area (Å²) in [6.07, 6.45) is 5.05. The number of carboxylic acid groups (broad SMARTS) is 1. The Bertz CT molecular complexity index is 608. The first kappa shape index (κ1) is 15.5. The van der Waals surface area contributed by atoms with E-state index in [1.807, 2.05) is 0 Å². The van der Waals surface area contributed by atoms with E-state index in [2.05, 4.69) is 5.92 Å². The molecule has 8 heteroatoms. The molecule has 0 aliphatic carbocycles. The number of nitrogens with zero attached hydrogens (tertiary/aromatic N) is 2. The summed E-state index contributed by atoms with van der Waals surface area (Å²) in [6, 6.07) is 3.44. The van der Waals surface area contributed by atoms with Gasteiger partial charge in [0.1, 0.15) is 12.1 Å². The van der Waals surface area contributed by atoms with Crippen LogP contribution in [0.2, 0.25) is 5.02 Å². The number of amides is 1. The minimum atomic E-state index is -1.28. The van der Waals surface area contributed by atoms with Gasteiger partial charge in [-0.1, -0.05) is 17.5 Å². The summed E-state index contributed by atoms with van der Waals surface area (Å²) < 4.78 is 0. The zero-order valence-electron chi connectivity index (χ0n) is 10.1. The van der Waals surface area contributed by atoms with Crippen LogP contribution in [-0.2, 0) is 4.79 Å². The van der Waals surface area contributed by atoms with Gasteiger partial charge in [-0.25, -0.2) is 0 Å². The van der Waals surface area contributed by atoms with Crippen LogP contribution < -0.4 is 0 Å². The Kier molecular flexibility index (Phi) is 5.06. The fourth-order valence-corrected chi connectivity index (χ4v) is 1.65. The second-order valence-corrected chi connectivity index (χ2v) is 4.11. The largest absolute Gasteiger partial charge is 0.480 e. The molecule has 0 fully saturated rings. The molecule has 0 atom stereocenters. The van der Waals surface area contributed by atoms with Gasteiger partial charge in [0.05, 0.1) is 11.5 Å². The number of nitro groups is 1. The summed E-state index contributed by atoms with van der Waals surface area (Å²) in [5.41, 5.74) is -0.772. The summed E-state index contributed by atoms with van der Waals surface area (Å²) in [6.45, 7) is -0.943. The van der Waals surface area contributed by atoms with Crippen molar-refractivity contribution in [2.24, 2.45) is 0 Å². The lowest BCUT2D eigenvalue weighted by Crippen LogP contribution is -2.36. The van der Waals surface area contributed by atoms with Crippen LogP contribution in [-0.4, -0.2) is 39.9 Å². The molecule has 0 aromatic heterocycles. The number of hydrogen-bond donors (Lipinski definition) is 1. The number of carbonyl (C=O) groups excluding carboxylic acids is 1. The summed E-state index contributed by atoms with van der Waals surface area (Å²) in [4.78, 5) is 33.8. The van der Waals surface area contributed by atoms with E-state index in [0.717, 1.165) is 17.0 Å². The molecular weight excluding hydrogens is 288 g/mol. The molecule has 0 heterocycles. The number of halogens is 1. The van der Waals surface area contributed by atoms with Gasteiger partial charge in [-0.15, -0.1) is 6.42 Å². The van der Waals surface area contributed by atoms with Crippen molar-refractivity contribution in [3.63, 3.8) is 0 Å². The first-order valence-electron chi connectivity index (χ1n) is 5.25. The van der Waals surface area contributed by atoms with Crippen molar-refractivity contribution in [3.05, 3.63) is 38.9 Å². The molecule has 0 aliphatic heterocycles. The zero-order valence-corrected chi connectivity index (χ0v) is 10.8. The molecule has 1 aromatic rings. The zero-order chi connectivity index (χ0) is 15.3. The van der Waals surface area contributed by atoms with Crippen molar-refractivity contribution >= 4 is 29.2 Å². The van der Waals surface area contributed by atoms with E-state index in [1.54, 1.807) is 0 Å². The summed E-state index contributed by atoms with van der Waals surface area (Å²) >= 11 is 5.70. The third kappa shape index (κ3) is 3.70. The van der Waals surface area contributed by atoms with Gasteiger partial charge in [0.15, 0.2) is 0 Å². The van der Waals surface area contributed by atoms with Gasteiger partial charge in [0, 0.05) is 11.1 Å². The molecule has 0 aliphatic rings. The standard InChI is InChI=1S/C12H9ClN2O5/c1-2-5-14(7-11(16)17)12(18)9-6-8(13)3-4-10(9)15(19)20/h1,3-4,6H,5,7H2,(H,16,17). The number of rotatable bonds is 5. The van der Waals surface area contributed by atoms with Crippen molar-refractivity contribution in [1.29, 1.82) is 0 Å². The molecule has 7 nitrogen and oxygen atoms in total. The number of terminal acetylenes is 1. The molecule has 0 saturated carbocycles. The molecule has 1 amide bonds. The molecular formula is C12H9ClN2O5. The number of carboxylic acids is 1. The Labute approximate surface area is 118 Å². The van der Waals surface area contributed by atoms with Crippen molar-refractivity contribution in [1.82, 2.24) is 4.90 Å². The van der Waals surface area contributed by atoms with Crippen LogP contribution >= 0.6 is 11.6 Å². The number of nitro benzene ring substituents is 1. The topological polar surface area (TPSA) is 101 Å².